The zero-order valence-corrected chi connectivity index (χ0v) is 15.5. The van der Waals surface area contributed by atoms with Gasteiger partial charge >= 0.3 is 12.4 Å². The molecule has 2 unspecified atom stereocenters. The second-order valence-electron chi connectivity index (χ2n) is 7.20. The van der Waals surface area contributed by atoms with Gasteiger partial charge in [-0.15, -0.1) is 0 Å². The number of ether oxygens (including phenoxy) is 1. The van der Waals surface area contributed by atoms with Gasteiger partial charge in [0.2, 0.25) is 0 Å². The van der Waals surface area contributed by atoms with E-state index in [1.165, 1.54) is 0 Å². The number of hydrogen-bond donors (Lipinski definition) is 1. The summed E-state index contributed by atoms with van der Waals surface area (Å²) in [5.74, 6) is 0.309. The highest BCUT2D eigenvalue weighted by Gasteiger charge is 2.37. The van der Waals surface area contributed by atoms with Crippen LogP contribution in [0.4, 0.5) is 26.3 Å². The molecular formula is C21H21F6NO. The van der Waals surface area contributed by atoms with Crippen molar-refractivity contribution in [3.63, 3.8) is 0 Å². The van der Waals surface area contributed by atoms with E-state index in [4.69, 9.17) is 4.74 Å². The van der Waals surface area contributed by atoms with Gasteiger partial charge in [0.15, 0.2) is 0 Å². The van der Waals surface area contributed by atoms with Crippen molar-refractivity contribution in [2.24, 2.45) is 5.92 Å². The van der Waals surface area contributed by atoms with Gasteiger partial charge in [-0.2, -0.15) is 26.3 Å². The van der Waals surface area contributed by atoms with Gasteiger partial charge in [0.1, 0.15) is 0 Å². The summed E-state index contributed by atoms with van der Waals surface area (Å²) in [5, 5.41) is 3.26. The Morgan fingerprint density at radius 3 is 2.10 bits per heavy atom. The summed E-state index contributed by atoms with van der Waals surface area (Å²) >= 11 is 0. The van der Waals surface area contributed by atoms with Gasteiger partial charge in [-0.1, -0.05) is 30.3 Å². The largest absolute Gasteiger partial charge is 0.416 e. The predicted molar refractivity (Wildman–Crippen MR) is 96.3 cm³/mol. The molecule has 0 aromatic heterocycles. The number of benzene rings is 2. The standard InChI is InChI=1S/C21H21F6NO/c22-20(23,24)17-8-14(9-18(10-17)21(25,26)27)12-29-13-16-11-28-7-6-19(16)15-4-2-1-3-5-15/h1-5,8-10,16,19,28H,6-7,11-13H2. The highest BCUT2D eigenvalue weighted by Crippen LogP contribution is 2.36. The molecule has 0 saturated carbocycles. The minimum atomic E-state index is -4.86. The Labute approximate surface area is 164 Å². The van der Waals surface area contributed by atoms with E-state index in [2.05, 4.69) is 5.32 Å². The molecule has 8 heteroatoms. The van der Waals surface area contributed by atoms with Gasteiger partial charge in [0.25, 0.3) is 0 Å². The van der Waals surface area contributed by atoms with Crippen LogP contribution in [-0.4, -0.2) is 19.7 Å². The van der Waals surface area contributed by atoms with E-state index < -0.39 is 23.5 Å². The van der Waals surface area contributed by atoms with E-state index in [0.29, 0.717) is 18.7 Å². The molecule has 29 heavy (non-hydrogen) atoms. The lowest BCUT2D eigenvalue weighted by molar-refractivity contribution is -0.143. The van der Waals surface area contributed by atoms with Crippen molar-refractivity contribution in [1.29, 1.82) is 0 Å². The summed E-state index contributed by atoms with van der Waals surface area (Å²) in [7, 11) is 0. The normalized spacial score (nSPS) is 20.6. The maximum Gasteiger partial charge on any atom is 0.416 e. The fourth-order valence-electron chi connectivity index (χ4n) is 3.67. The molecule has 0 radical (unpaired) electrons. The first-order valence-electron chi connectivity index (χ1n) is 9.26. The van der Waals surface area contributed by atoms with Crippen LogP contribution in [0.5, 0.6) is 0 Å². The van der Waals surface area contributed by atoms with Crippen LogP contribution in [0.15, 0.2) is 48.5 Å². The molecule has 1 aliphatic heterocycles. The number of alkyl halides is 6. The van der Waals surface area contributed by atoms with Crippen molar-refractivity contribution in [3.05, 3.63) is 70.8 Å². The molecule has 2 aromatic carbocycles. The maximum absolute atomic E-state index is 13.0. The summed E-state index contributed by atoms with van der Waals surface area (Å²) in [6, 6.07) is 11.4. The Hall–Kier alpha value is -2.06. The molecule has 0 spiro atoms. The average Bonchev–Trinajstić information content (AvgIpc) is 2.67. The van der Waals surface area contributed by atoms with E-state index in [-0.39, 0.29) is 36.7 Å². The van der Waals surface area contributed by atoms with Crippen LogP contribution in [-0.2, 0) is 23.7 Å². The molecule has 1 fully saturated rings. The van der Waals surface area contributed by atoms with Gasteiger partial charge in [0.05, 0.1) is 24.3 Å². The third kappa shape index (κ3) is 5.73. The summed E-state index contributed by atoms with van der Waals surface area (Å²) in [4.78, 5) is 0. The van der Waals surface area contributed by atoms with Crippen molar-refractivity contribution in [3.8, 4) is 0 Å². The first-order chi connectivity index (χ1) is 13.6. The van der Waals surface area contributed by atoms with Crippen LogP contribution in [0.25, 0.3) is 0 Å². The van der Waals surface area contributed by atoms with Gasteiger partial charge in [0, 0.05) is 12.5 Å². The van der Waals surface area contributed by atoms with Crippen LogP contribution in [0, 0.1) is 5.92 Å². The summed E-state index contributed by atoms with van der Waals surface area (Å²) < 4.78 is 83.4. The Bertz CT molecular complexity index is 771. The molecule has 158 valence electrons. The van der Waals surface area contributed by atoms with Gasteiger partial charge < -0.3 is 10.1 Å². The minimum absolute atomic E-state index is 0.0824. The molecule has 0 bridgehead atoms. The minimum Gasteiger partial charge on any atom is -0.376 e. The zero-order chi connectivity index (χ0) is 21.1. The lowest BCUT2D eigenvalue weighted by atomic mass is 9.81. The van der Waals surface area contributed by atoms with E-state index in [1.54, 1.807) is 0 Å². The van der Waals surface area contributed by atoms with Crippen molar-refractivity contribution in [1.82, 2.24) is 5.32 Å². The highest BCUT2D eigenvalue weighted by atomic mass is 19.4. The second-order valence-corrected chi connectivity index (χ2v) is 7.20. The molecule has 0 amide bonds. The molecule has 1 N–H and O–H groups in total. The number of nitrogens with one attached hydrogen (secondary N) is 1. The monoisotopic (exact) mass is 417 g/mol. The number of hydrogen-bond acceptors (Lipinski definition) is 2. The van der Waals surface area contributed by atoms with Gasteiger partial charge in [-0.25, -0.2) is 0 Å². The quantitative estimate of drug-likeness (QED) is 0.637. The van der Waals surface area contributed by atoms with Gasteiger partial charge in [-0.05, 0) is 48.2 Å². The Morgan fingerprint density at radius 2 is 1.52 bits per heavy atom. The molecule has 2 aromatic rings. The number of piperidine rings is 1. The van der Waals surface area contributed by atoms with Crippen molar-refractivity contribution >= 4 is 0 Å². The van der Waals surface area contributed by atoms with E-state index in [1.807, 2.05) is 30.3 Å². The molecule has 1 heterocycles. The first-order valence-corrected chi connectivity index (χ1v) is 9.26. The van der Waals surface area contributed by atoms with Crippen LogP contribution in [0.2, 0.25) is 0 Å². The fraction of sp³-hybridized carbons (Fsp3) is 0.429. The highest BCUT2D eigenvalue weighted by molar-refractivity contribution is 5.33. The second kappa shape index (κ2) is 8.75. The topological polar surface area (TPSA) is 21.3 Å². The summed E-state index contributed by atoms with van der Waals surface area (Å²) in [5.41, 5.74) is -1.65. The molecule has 2 nitrogen and oxygen atoms in total. The van der Waals surface area contributed by atoms with Crippen LogP contribution < -0.4 is 5.32 Å². The van der Waals surface area contributed by atoms with Crippen LogP contribution in [0.3, 0.4) is 0 Å². The van der Waals surface area contributed by atoms with Gasteiger partial charge in [-0.3, -0.25) is 0 Å². The molecule has 1 aliphatic rings. The van der Waals surface area contributed by atoms with Crippen molar-refractivity contribution < 1.29 is 31.1 Å². The number of halogens is 6. The smallest absolute Gasteiger partial charge is 0.376 e. The number of rotatable bonds is 5. The first kappa shape index (κ1) is 21.6. The molecular weight excluding hydrogens is 396 g/mol. The van der Waals surface area contributed by atoms with E-state index in [9.17, 15) is 26.3 Å². The van der Waals surface area contributed by atoms with Crippen LogP contribution >= 0.6 is 0 Å². The molecule has 3 rings (SSSR count). The summed E-state index contributed by atoms with van der Waals surface area (Å²) in [6.07, 6.45) is -8.83. The third-order valence-corrected chi connectivity index (χ3v) is 5.08. The van der Waals surface area contributed by atoms with E-state index in [0.717, 1.165) is 18.5 Å². The molecule has 2 atom stereocenters. The lowest BCUT2D eigenvalue weighted by Crippen LogP contribution is -2.37. The molecule has 1 saturated heterocycles. The van der Waals surface area contributed by atoms with Crippen LogP contribution in [0.1, 0.15) is 34.6 Å². The Kier molecular flexibility index (Phi) is 6.53. The average molecular weight is 417 g/mol. The van der Waals surface area contributed by atoms with E-state index >= 15 is 0 Å². The predicted octanol–water partition coefficient (Wildman–Crippen LogP) is 5.63. The Balaban J connectivity index is 1.70. The third-order valence-electron chi connectivity index (χ3n) is 5.08. The molecule has 0 aliphatic carbocycles. The SMILES string of the molecule is FC(F)(F)c1cc(COCC2CNCCC2c2ccccc2)cc(C(F)(F)F)c1. The van der Waals surface area contributed by atoms with Crippen molar-refractivity contribution in [2.45, 2.75) is 31.3 Å². The zero-order valence-electron chi connectivity index (χ0n) is 15.5. The summed E-state index contributed by atoms with van der Waals surface area (Å²) in [6.45, 7) is 1.45. The maximum atomic E-state index is 13.0. The fourth-order valence-corrected chi connectivity index (χ4v) is 3.67. The van der Waals surface area contributed by atoms with Crippen molar-refractivity contribution in [2.75, 3.05) is 19.7 Å². The lowest BCUT2D eigenvalue weighted by Gasteiger charge is -2.32. The Morgan fingerprint density at radius 1 is 0.897 bits per heavy atom.